The first-order valence-electron chi connectivity index (χ1n) is 45.8. The molecule has 4 aliphatic rings. The van der Waals surface area contributed by atoms with E-state index in [-0.39, 0.29) is 144 Å². The van der Waals surface area contributed by atoms with E-state index in [2.05, 4.69) is 78.5 Å². The number of nitrogens with zero attached hydrogens (tertiary/aromatic N) is 2. The van der Waals surface area contributed by atoms with E-state index >= 15 is 4.79 Å². The van der Waals surface area contributed by atoms with E-state index in [0.717, 1.165) is 54.3 Å². The summed E-state index contributed by atoms with van der Waals surface area (Å²) in [5.41, 5.74) is 6.37. The van der Waals surface area contributed by atoms with Gasteiger partial charge in [0.25, 0.3) is 5.91 Å². The van der Waals surface area contributed by atoms with Gasteiger partial charge in [-0.1, -0.05) is 67.9 Å². The Kier molecular flexibility index (Phi) is 51.7. The molecule has 15 amide bonds. The number of aliphatic hydroxyl groups is 8. The van der Waals surface area contributed by atoms with Crippen LogP contribution in [-0.4, -0.2) is 398 Å². The van der Waals surface area contributed by atoms with Crippen LogP contribution in [-0.2, 0) is 124 Å². The van der Waals surface area contributed by atoms with Crippen molar-refractivity contribution in [3.8, 4) is 5.75 Å². The number of amides is 15. The number of likely N-dealkylation sites (tertiary alicyclic amines) is 1. The molecule has 0 unspecified atom stereocenters. The molecular weight excluding hydrogens is 1950 g/mol. The SMILES string of the molecule is CC(=O)N[C@@H](Cc1ccc(OS(=O)(=O)O)cc1)C(=O)N[C@@H](CC(=O)O)C(=O)N[C@@H](Cc1ccccc1)C(=O)N[C@@H](CC(C)C)C(=O)N1CCC[C@H]1C(=O)N[C@@H](CCC(=O)O)C(=O)N[C@@H](CCCCNC(=O)CO/N=C/[C@H](O)[C@@H](O)[C@H](O[C@@H]1O[C@H](CO)[C@H](O)[C@H](O)[C@H]1O)[C@H](O)CO)C(=O)N[C@@H](CCC(=O)O)C(=O)N[C@@H](CSCC(=O)NCCOCCOCCNC(=O)CCCC[C@@H]1SC[C@@H]2NC(=O)N[C@@H]21)C(N)=O. The number of nitrogens with two attached hydrogens (primary N) is 1. The number of urea groups is 1. The van der Waals surface area contributed by atoms with E-state index in [4.69, 9.17) is 34.1 Å². The molecule has 2 aromatic carbocycles. The number of hydrogen-bond donors (Lipinski definition) is 26. The number of nitrogens with one attached hydrogen (secondary N) is 13. The number of carboxylic acid groups (broad SMARTS) is 3. The van der Waals surface area contributed by atoms with Crippen LogP contribution in [0.2, 0.25) is 0 Å². The smallest absolute Gasteiger partial charge is 0.446 e. The minimum absolute atomic E-state index is 0.0368. The predicted octanol–water partition coefficient (Wildman–Crippen LogP) is -8.45. The Hall–Kier alpha value is -11.4. The van der Waals surface area contributed by atoms with Gasteiger partial charge in [-0.25, -0.2) is 4.79 Å². The van der Waals surface area contributed by atoms with Gasteiger partial charge in [0.15, 0.2) is 12.9 Å². The fraction of sp³-hybridized carbons (Fsp3) is 0.651. The van der Waals surface area contributed by atoms with Crippen molar-refractivity contribution < 1.29 is 179 Å². The first-order valence-corrected chi connectivity index (χ1v) is 49.4. The highest BCUT2D eigenvalue weighted by Gasteiger charge is 2.49. The number of carbonyl (C=O) groups excluding carboxylic acids is 14. The predicted molar refractivity (Wildman–Crippen MR) is 497 cm³/mol. The number of aliphatic carboxylic acids is 3. The average Bonchev–Trinajstić information content (AvgIpc) is 1.78. The number of carbonyl (C=O) groups is 17. The zero-order valence-electron chi connectivity index (χ0n) is 78.2. The highest BCUT2D eigenvalue weighted by Crippen LogP contribution is 2.34. The minimum atomic E-state index is -4.93. The number of rotatable bonds is 67. The normalized spacial score (nSPS) is 20.8. The number of carboxylic acids is 3. The average molecular weight is 2080 g/mol. The molecule has 0 saturated carbocycles. The van der Waals surface area contributed by atoms with Crippen LogP contribution in [0.15, 0.2) is 59.8 Å². The molecule has 4 saturated heterocycles. The molecule has 0 radical (unpaired) electrons. The van der Waals surface area contributed by atoms with Gasteiger partial charge in [0, 0.05) is 82.0 Å². The molecule has 56 heteroatoms. The molecule has 0 spiro atoms. The standard InChI is InChI=1S/C86H130N16O37S3/c1-45(2)34-56(98-81(126)54(35-47-12-5-4-6-13-47)96-82(127)55(37-69(115)116)97-80(125)53(92-46(3)105)36-48-18-20-49(21-19-48)139-142(131,132)133)84(129)102-29-11-15-59(102)83(128)95-52(23-25-68(113)114)78(123)93-50(14-9-10-26-88-65(109)41-136-91-38-60(106)71(117)75(61(107)39-103)138-85-74(120)73(119)72(118)62(40-104)137-85)77(122)94-51(22-24-67(111)112)79(124)99-58(76(87)121)42-140-44-66(110)90-28-31-135-33-32-134-30-27-89-64(108)17-8-7-16-63-70-57(43-141-63)100-86(130)101-70/h4-6,12-13,18-21,38,45,50-63,70-75,85,103-104,106-107,117-120H,7-11,14-17,22-37,39-44H2,1-3H3,(H2,87,121)(H,88,109)(H,89,108)(H,90,110)(H,92,105)(H,93,123)(H,94,122)(H,95,128)(H,96,127)(H,97,125)(H,98,126)(H,99,124)(H,111,112)(H,113,114)(H,115,116)(H2,100,101,130)(H,131,132,133)/b91-38+/t50-,51-,52-,53-,54-,55-,56-,57-,58-,59-,60-,61+,62+,63-,70-,71+,72-,73-,74+,75+,85-/m0/s1. The molecule has 0 aromatic heterocycles. The van der Waals surface area contributed by atoms with Crippen LogP contribution in [0, 0.1) is 5.92 Å². The van der Waals surface area contributed by atoms with Gasteiger partial charge in [-0.3, -0.25) is 81.3 Å². The summed E-state index contributed by atoms with van der Waals surface area (Å²) in [6.07, 6.45) is -20.1. The van der Waals surface area contributed by atoms with Gasteiger partial charge in [-0.2, -0.15) is 20.2 Å². The number of primary amides is 1. The molecule has 794 valence electrons. The third kappa shape index (κ3) is 42.7. The number of benzene rings is 2. The van der Waals surface area contributed by atoms with E-state index in [1.165, 1.54) is 12.1 Å². The van der Waals surface area contributed by atoms with E-state index in [1.54, 1.807) is 55.9 Å². The number of aliphatic hydroxyl groups excluding tert-OH is 8. The Morgan fingerprint density at radius 1 is 0.627 bits per heavy atom. The summed E-state index contributed by atoms with van der Waals surface area (Å²) in [7, 11) is -4.93. The van der Waals surface area contributed by atoms with E-state index in [0.29, 0.717) is 29.9 Å². The zero-order chi connectivity index (χ0) is 105. The molecule has 21 atom stereocenters. The van der Waals surface area contributed by atoms with E-state index in [1.807, 2.05) is 0 Å². The van der Waals surface area contributed by atoms with Crippen LogP contribution in [0.4, 0.5) is 4.79 Å². The zero-order valence-corrected chi connectivity index (χ0v) is 80.6. The lowest BCUT2D eigenvalue weighted by molar-refractivity contribution is -0.326. The van der Waals surface area contributed by atoms with Crippen LogP contribution < -0.4 is 79.0 Å². The summed E-state index contributed by atoms with van der Waals surface area (Å²) < 4.78 is 57.7. The molecule has 4 aliphatic heterocycles. The molecule has 4 heterocycles. The van der Waals surface area contributed by atoms with Gasteiger partial charge in [0.1, 0.15) is 109 Å². The number of thioether (sulfide) groups is 2. The van der Waals surface area contributed by atoms with Crippen LogP contribution in [0.3, 0.4) is 0 Å². The maximum absolute atomic E-state index is 15.1. The van der Waals surface area contributed by atoms with Crippen molar-refractivity contribution in [2.75, 3.05) is 89.7 Å². The van der Waals surface area contributed by atoms with Crippen LogP contribution in [0.25, 0.3) is 0 Å². The Balaban J connectivity index is 1.13. The van der Waals surface area contributed by atoms with Crippen molar-refractivity contribution in [3.63, 3.8) is 0 Å². The summed E-state index contributed by atoms with van der Waals surface area (Å²) in [5, 5.41) is 149. The van der Waals surface area contributed by atoms with Crippen molar-refractivity contribution in [3.05, 3.63) is 65.7 Å². The van der Waals surface area contributed by atoms with Crippen molar-refractivity contribution in [1.82, 2.24) is 74.0 Å². The molecule has 6 rings (SSSR count). The van der Waals surface area contributed by atoms with Gasteiger partial charge in [-0.15, -0.1) is 11.8 Å². The number of hydrogen-bond acceptors (Lipinski definition) is 36. The summed E-state index contributed by atoms with van der Waals surface area (Å²) in [6.45, 7) is 1.96. The number of fused-ring (bicyclic) bond motifs is 1. The quantitative estimate of drug-likeness (QED) is 0.00961. The van der Waals surface area contributed by atoms with Crippen molar-refractivity contribution in [2.24, 2.45) is 16.8 Å². The lowest BCUT2D eigenvalue weighted by atomic mass is 9.98. The molecule has 142 heavy (non-hydrogen) atoms. The first kappa shape index (κ1) is 119. The third-order valence-corrected chi connectivity index (χ3v) is 25.4. The molecular formula is C86H130N16O37S3. The minimum Gasteiger partial charge on any atom is -0.481 e. The van der Waals surface area contributed by atoms with Gasteiger partial charge < -0.3 is 164 Å². The Labute approximate surface area is 824 Å². The third-order valence-electron chi connectivity index (χ3n) is 22.4. The van der Waals surface area contributed by atoms with Gasteiger partial charge in [0.05, 0.1) is 70.1 Å². The Morgan fingerprint density at radius 3 is 1.77 bits per heavy atom. The molecule has 2 aromatic rings. The summed E-state index contributed by atoms with van der Waals surface area (Å²) in [4.78, 5) is 235. The molecule has 53 nitrogen and oxygen atoms in total. The number of oxime groups is 1. The highest BCUT2D eigenvalue weighted by molar-refractivity contribution is 8.00. The van der Waals surface area contributed by atoms with Gasteiger partial charge in [0.2, 0.25) is 70.9 Å². The lowest BCUT2D eigenvalue weighted by Gasteiger charge is -2.42. The number of ether oxygens (including phenoxy) is 4. The molecule has 0 bridgehead atoms. The van der Waals surface area contributed by atoms with Gasteiger partial charge in [-0.05, 0) is 93.4 Å². The second-order valence-electron chi connectivity index (χ2n) is 34.1. The van der Waals surface area contributed by atoms with Gasteiger partial charge >= 0.3 is 34.3 Å². The van der Waals surface area contributed by atoms with Crippen molar-refractivity contribution in [2.45, 2.75) is 257 Å². The summed E-state index contributed by atoms with van der Waals surface area (Å²) >= 11 is 2.64. The second kappa shape index (κ2) is 61.6. The lowest BCUT2D eigenvalue weighted by Crippen LogP contribution is -2.61. The monoisotopic (exact) mass is 2070 g/mol. The first-order chi connectivity index (χ1) is 67.3. The summed E-state index contributed by atoms with van der Waals surface area (Å²) in [6, 6.07) is -2.53. The second-order valence-corrected chi connectivity index (χ2v) is 37.4. The molecule has 0 aliphatic carbocycles. The molecule has 27 N–H and O–H groups in total. The van der Waals surface area contributed by atoms with Crippen molar-refractivity contribution in [1.29, 1.82) is 0 Å². The van der Waals surface area contributed by atoms with E-state index < -0.39 is 273 Å². The van der Waals surface area contributed by atoms with Crippen LogP contribution >= 0.6 is 23.5 Å². The Bertz CT molecular complexity index is 4660. The topological polar surface area (TPSA) is 820 Å². The Morgan fingerprint density at radius 2 is 1.18 bits per heavy atom. The number of unbranched alkanes of at least 4 members (excludes halogenated alkanes) is 2. The van der Waals surface area contributed by atoms with Crippen molar-refractivity contribution >= 4 is 141 Å². The highest BCUT2D eigenvalue weighted by atomic mass is 32.3. The largest absolute Gasteiger partial charge is 0.481 e. The van der Waals surface area contributed by atoms with Crippen LogP contribution in [0.1, 0.15) is 128 Å². The maximum atomic E-state index is 15.1. The maximum Gasteiger partial charge on any atom is 0.446 e. The van der Waals surface area contributed by atoms with E-state index in [9.17, 15) is 141 Å². The van der Waals surface area contributed by atoms with Crippen LogP contribution in [0.5, 0.6) is 5.75 Å². The summed E-state index contributed by atoms with van der Waals surface area (Å²) in [5.74, 6) is -17.6. The fourth-order valence-electron chi connectivity index (χ4n) is 15.2. The molecule has 4 fully saturated rings. The fourth-order valence-corrected chi connectivity index (χ4v) is 18.0.